The molecular weight excluding hydrogens is 447 g/mol. The fourth-order valence-corrected chi connectivity index (χ4v) is 4.88. The molecule has 1 aromatic carbocycles. The number of nitrogen functional groups attached to an aromatic ring is 1. The summed E-state index contributed by atoms with van der Waals surface area (Å²) in [5.74, 6) is -1.14. The Morgan fingerprint density at radius 1 is 1.23 bits per heavy atom. The Bertz CT molecular complexity index is 1320. The second kappa shape index (κ2) is 9.30. The van der Waals surface area contributed by atoms with Crippen molar-refractivity contribution in [3.8, 4) is 0 Å². The highest BCUT2D eigenvalue weighted by atomic mass is 19.1. The summed E-state index contributed by atoms with van der Waals surface area (Å²) in [5, 5.41) is 7.11. The number of nitrogens with two attached hydrogens (primary N) is 1. The standard InChI is InChI=1S/C26H31FN6O2.2H2/c1-14-10-22-18(15(2)30-14)11-23(35-22)32-26(34)24-20(27)12-21(19(13-29-3)25(24)28)33-8-6-17(7-9-33)31-16-4-5-16;;/h10-13,16-17,31H,4-9,28H2,1-3H3,(H,32,34);2*1H. The Hall–Kier alpha value is -3.46. The van der Waals surface area contributed by atoms with Gasteiger partial charge < -0.3 is 20.4 Å². The predicted octanol–water partition coefficient (Wildman–Crippen LogP) is 4.68. The van der Waals surface area contributed by atoms with Crippen molar-refractivity contribution in [1.82, 2.24) is 10.3 Å². The number of hydrogen-bond acceptors (Lipinski definition) is 7. The summed E-state index contributed by atoms with van der Waals surface area (Å²) >= 11 is 0. The molecule has 8 nitrogen and oxygen atoms in total. The lowest BCUT2D eigenvalue weighted by Crippen LogP contribution is -2.43. The lowest BCUT2D eigenvalue weighted by atomic mass is 9.99. The first-order chi connectivity index (χ1) is 16.8. The number of aliphatic imine (C=N–C) groups is 1. The molecule has 188 valence electrons. The quantitative estimate of drug-likeness (QED) is 0.348. The van der Waals surface area contributed by atoms with Gasteiger partial charge in [-0.1, -0.05) is 0 Å². The van der Waals surface area contributed by atoms with Crippen LogP contribution in [0, 0.1) is 19.7 Å². The summed E-state index contributed by atoms with van der Waals surface area (Å²) in [7, 11) is 1.63. The van der Waals surface area contributed by atoms with Crippen molar-refractivity contribution in [3.05, 3.63) is 46.5 Å². The number of halogens is 1. The number of carbonyl (C=O) groups is 1. The van der Waals surface area contributed by atoms with Gasteiger partial charge in [0.05, 0.1) is 16.9 Å². The number of hydrogen-bond donors (Lipinski definition) is 3. The number of aromatic nitrogens is 1. The van der Waals surface area contributed by atoms with Crippen molar-refractivity contribution in [3.63, 3.8) is 0 Å². The number of nitrogens with zero attached hydrogens (tertiary/aromatic N) is 3. The topological polar surface area (TPSA) is 109 Å². The van der Waals surface area contributed by atoms with Crippen LogP contribution in [0.5, 0.6) is 0 Å². The summed E-state index contributed by atoms with van der Waals surface area (Å²) in [6, 6.07) is 6.02. The minimum Gasteiger partial charge on any atom is -0.440 e. The molecule has 3 heterocycles. The molecule has 1 aliphatic carbocycles. The number of pyridine rings is 1. The summed E-state index contributed by atoms with van der Waals surface area (Å²) < 4.78 is 21.1. The third kappa shape index (κ3) is 4.73. The molecule has 1 aliphatic heterocycles. The van der Waals surface area contributed by atoms with Crippen LogP contribution in [-0.2, 0) is 0 Å². The van der Waals surface area contributed by atoms with Crippen LogP contribution in [0.25, 0.3) is 11.0 Å². The number of rotatable bonds is 6. The highest BCUT2D eigenvalue weighted by Gasteiger charge is 2.29. The van der Waals surface area contributed by atoms with Crippen LogP contribution in [0.2, 0.25) is 0 Å². The molecule has 35 heavy (non-hydrogen) atoms. The molecule has 0 unspecified atom stereocenters. The van der Waals surface area contributed by atoms with Crippen molar-refractivity contribution in [2.75, 3.05) is 36.1 Å². The van der Waals surface area contributed by atoms with Gasteiger partial charge in [0.25, 0.3) is 5.91 Å². The molecule has 0 spiro atoms. The SMILES string of the molecule is CN=Cc1c(N2CCC(NC3CC3)CC2)cc(F)c(C(=O)Nc2cc3c(C)nc(C)cc3o2)c1N.[HH].[HH]. The molecule has 9 heteroatoms. The first-order valence-electron chi connectivity index (χ1n) is 12.1. The predicted molar refractivity (Wildman–Crippen MR) is 141 cm³/mol. The Kier molecular flexibility index (Phi) is 6.19. The van der Waals surface area contributed by atoms with Crippen LogP contribution in [0.3, 0.4) is 0 Å². The van der Waals surface area contributed by atoms with E-state index in [-0.39, 0.29) is 20.0 Å². The summed E-state index contributed by atoms with van der Waals surface area (Å²) in [4.78, 5) is 23.8. The third-order valence-electron chi connectivity index (χ3n) is 6.78. The van der Waals surface area contributed by atoms with Gasteiger partial charge in [0.2, 0.25) is 5.88 Å². The van der Waals surface area contributed by atoms with Crippen LogP contribution >= 0.6 is 0 Å². The largest absolute Gasteiger partial charge is 0.440 e. The van der Waals surface area contributed by atoms with E-state index < -0.39 is 11.7 Å². The molecule has 2 aromatic heterocycles. The van der Waals surface area contributed by atoms with Gasteiger partial charge in [-0.2, -0.15) is 0 Å². The van der Waals surface area contributed by atoms with Gasteiger partial charge in [-0.15, -0.1) is 0 Å². The summed E-state index contributed by atoms with van der Waals surface area (Å²) in [5.41, 5.74) is 9.63. The van der Waals surface area contributed by atoms with E-state index in [1.165, 1.54) is 18.9 Å². The van der Waals surface area contributed by atoms with Gasteiger partial charge in [0.15, 0.2) is 0 Å². The van der Waals surface area contributed by atoms with E-state index in [1.54, 1.807) is 25.4 Å². The number of benzene rings is 1. The highest BCUT2D eigenvalue weighted by molar-refractivity contribution is 6.12. The monoisotopic (exact) mass is 482 g/mol. The Balaban J connectivity index is 0.00000190. The van der Waals surface area contributed by atoms with Crippen molar-refractivity contribution in [2.24, 2.45) is 4.99 Å². The average Bonchev–Trinajstić information content (AvgIpc) is 3.53. The minimum absolute atomic E-state index is 0. The van der Waals surface area contributed by atoms with Crippen LogP contribution in [0.1, 0.15) is 55.8 Å². The number of anilines is 3. The number of amides is 1. The van der Waals surface area contributed by atoms with E-state index in [1.807, 2.05) is 13.8 Å². The number of carbonyl (C=O) groups excluding carboxylic acids is 1. The molecule has 2 fully saturated rings. The molecule has 0 bridgehead atoms. The zero-order chi connectivity index (χ0) is 24.7. The zero-order valence-corrected chi connectivity index (χ0v) is 20.3. The van der Waals surface area contributed by atoms with Crippen LogP contribution in [0.15, 0.2) is 27.6 Å². The summed E-state index contributed by atoms with van der Waals surface area (Å²) in [6.07, 6.45) is 6.06. The average molecular weight is 483 g/mol. The van der Waals surface area contributed by atoms with Crippen LogP contribution in [-0.4, -0.2) is 49.3 Å². The fourth-order valence-electron chi connectivity index (χ4n) is 4.88. The number of piperidine rings is 1. The molecule has 3 aromatic rings. The number of nitrogens with one attached hydrogen (secondary N) is 2. The Morgan fingerprint density at radius 3 is 2.63 bits per heavy atom. The lowest BCUT2D eigenvalue weighted by molar-refractivity contribution is 0.102. The van der Waals surface area contributed by atoms with Crippen LogP contribution < -0.4 is 21.3 Å². The minimum atomic E-state index is -0.675. The summed E-state index contributed by atoms with van der Waals surface area (Å²) in [6.45, 7) is 5.30. The van der Waals surface area contributed by atoms with Gasteiger partial charge in [-0.25, -0.2) is 4.39 Å². The molecule has 0 atom stereocenters. The van der Waals surface area contributed by atoms with E-state index in [4.69, 9.17) is 10.2 Å². The van der Waals surface area contributed by atoms with E-state index >= 15 is 4.39 Å². The smallest absolute Gasteiger partial charge is 0.263 e. The normalized spacial score (nSPS) is 17.0. The molecule has 2 aliphatic rings. The van der Waals surface area contributed by atoms with Crippen molar-refractivity contribution >= 4 is 40.3 Å². The maximum Gasteiger partial charge on any atom is 0.263 e. The first kappa shape index (κ1) is 23.3. The fraction of sp³-hybridized carbons (Fsp3) is 0.423. The number of aryl methyl sites for hydroxylation is 2. The lowest BCUT2D eigenvalue weighted by Gasteiger charge is -2.35. The molecule has 1 saturated carbocycles. The van der Waals surface area contributed by atoms with Crippen LogP contribution in [0.4, 0.5) is 21.6 Å². The molecule has 4 N–H and O–H groups in total. The van der Waals surface area contributed by atoms with E-state index in [9.17, 15) is 4.79 Å². The second-order valence-corrected chi connectivity index (χ2v) is 9.50. The zero-order valence-electron chi connectivity index (χ0n) is 20.3. The van der Waals surface area contributed by atoms with Gasteiger partial charge >= 0.3 is 0 Å². The van der Waals surface area contributed by atoms with E-state index in [2.05, 4.69) is 25.5 Å². The van der Waals surface area contributed by atoms with E-state index in [0.717, 1.165) is 42.7 Å². The molecular formula is C26H35FN6O2. The van der Waals surface area contributed by atoms with Crippen molar-refractivity contribution in [2.45, 2.75) is 51.6 Å². The number of furan rings is 1. The second-order valence-electron chi connectivity index (χ2n) is 9.50. The van der Waals surface area contributed by atoms with Crippen molar-refractivity contribution < 1.29 is 16.5 Å². The van der Waals surface area contributed by atoms with Gasteiger partial charge in [0.1, 0.15) is 11.4 Å². The molecule has 1 saturated heterocycles. The van der Waals surface area contributed by atoms with Crippen molar-refractivity contribution in [1.29, 1.82) is 0 Å². The first-order valence-corrected chi connectivity index (χ1v) is 12.1. The highest BCUT2D eigenvalue weighted by Crippen LogP contribution is 2.34. The molecule has 5 rings (SSSR count). The van der Waals surface area contributed by atoms with E-state index in [0.29, 0.717) is 28.9 Å². The molecule has 1 amide bonds. The number of fused-ring (bicyclic) bond motifs is 1. The van der Waals surface area contributed by atoms with Gasteiger partial charge in [-0.05, 0) is 45.6 Å². The van der Waals surface area contributed by atoms with Gasteiger partial charge in [0, 0.05) is 75.8 Å². The maximum absolute atomic E-state index is 15.4. The maximum atomic E-state index is 15.4. The molecule has 0 radical (unpaired) electrons. The third-order valence-corrected chi connectivity index (χ3v) is 6.78. The Morgan fingerprint density at radius 2 is 1.94 bits per heavy atom. The Labute approximate surface area is 206 Å². The van der Waals surface area contributed by atoms with Gasteiger partial charge in [-0.3, -0.25) is 20.1 Å².